The number of hydrogen-bond acceptors (Lipinski definition) is 5. The summed E-state index contributed by atoms with van der Waals surface area (Å²) in [5.41, 5.74) is 1.62. The molecule has 2 heterocycles. The van der Waals surface area contributed by atoms with Crippen LogP contribution >= 0.6 is 11.6 Å². The molecule has 2 amide bonds. The summed E-state index contributed by atoms with van der Waals surface area (Å²) in [6.45, 7) is 0.219. The van der Waals surface area contributed by atoms with E-state index in [9.17, 15) is 18.0 Å². The lowest BCUT2D eigenvalue weighted by Crippen LogP contribution is -2.36. The van der Waals surface area contributed by atoms with E-state index in [4.69, 9.17) is 16.0 Å². The first kappa shape index (κ1) is 21.9. The maximum absolute atomic E-state index is 13.3. The predicted octanol–water partition coefficient (Wildman–Crippen LogP) is 2.73. The van der Waals surface area contributed by atoms with E-state index in [1.165, 1.54) is 28.8 Å². The van der Waals surface area contributed by atoms with Crippen LogP contribution in [0.5, 0.6) is 0 Å². The number of amides is 2. The molecule has 0 fully saturated rings. The first-order valence-corrected chi connectivity index (χ1v) is 11.7. The fourth-order valence-corrected chi connectivity index (χ4v) is 5.45. The number of nitrogens with one attached hydrogen (secondary N) is 2. The Morgan fingerprint density at radius 3 is 2.66 bits per heavy atom. The zero-order valence-electron chi connectivity index (χ0n) is 16.9. The second kappa shape index (κ2) is 9.05. The zero-order chi connectivity index (χ0) is 22.7. The van der Waals surface area contributed by atoms with E-state index in [0.29, 0.717) is 24.4 Å². The molecular formula is C22H20ClN3O5S. The van der Waals surface area contributed by atoms with Gasteiger partial charge in [-0.2, -0.15) is 0 Å². The van der Waals surface area contributed by atoms with Crippen LogP contribution in [-0.4, -0.2) is 33.3 Å². The van der Waals surface area contributed by atoms with Crippen molar-refractivity contribution < 1.29 is 22.4 Å². The molecule has 2 aromatic carbocycles. The van der Waals surface area contributed by atoms with E-state index in [2.05, 4.69) is 10.6 Å². The number of nitrogens with zero attached hydrogens (tertiary/aromatic N) is 1. The molecule has 4 rings (SSSR count). The Hall–Kier alpha value is -3.30. The highest BCUT2D eigenvalue weighted by Gasteiger charge is 2.32. The lowest BCUT2D eigenvalue weighted by Gasteiger charge is -2.20. The van der Waals surface area contributed by atoms with Crippen LogP contribution in [0.15, 0.2) is 70.2 Å². The Balaban J connectivity index is 1.46. The maximum atomic E-state index is 13.3. The topological polar surface area (TPSA) is 109 Å². The third-order valence-electron chi connectivity index (χ3n) is 5.06. The quantitative estimate of drug-likeness (QED) is 0.548. The first-order valence-electron chi connectivity index (χ1n) is 9.84. The van der Waals surface area contributed by atoms with E-state index in [-0.39, 0.29) is 28.6 Å². The Kier molecular flexibility index (Phi) is 6.20. The fourth-order valence-electron chi connectivity index (χ4n) is 3.44. The first-order chi connectivity index (χ1) is 15.4. The second-order valence-electron chi connectivity index (χ2n) is 7.14. The van der Waals surface area contributed by atoms with Crippen molar-refractivity contribution in [3.05, 3.63) is 82.8 Å². The van der Waals surface area contributed by atoms with E-state index >= 15 is 0 Å². The Morgan fingerprint density at radius 2 is 1.88 bits per heavy atom. The van der Waals surface area contributed by atoms with Gasteiger partial charge < -0.3 is 15.1 Å². The van der Waals surface area contributed by atoms with Crippen molar-refractivity contribution in [2.75, 3.05) is 17.4 Å². The highest BCUT2D eigenvalue weighted by atomic mass is 35.5. The molecule has 1 aromatic heterocycles. The van der Waals surface area contributed by atoms with Gasteiger partial charge >= 0.3 is 0 Å². The van der Waals surface area contributed by atoms with Gasteiger partial charge in [0.25, 0.3) is 15.9 Å². The Morgan fingerprint density at radius 1 is 1.06 bits per heavy atom. The molecule has 2 N–H and O–H groups in total. The second-order valence-corrected chi connectivity index (χ2v) is 9.38. The van der Waals surface area contributed by atoms with Crippen LogP contribution in [0.25, 0.3) is 0 Å². The minimum absolute atomic E-state index is 0.0159. The van der Waals surface area contributed by atoms with Crippen LogP contribution in [0.3, 0.4) is 0 Å². The van der Waals surface area contributed by atoms with E-state index in [0.717, 1.165) is 5.56 Å². The monoisotopic (exact) mass is 473 g/mol. The van der Waals surface area contributed by atoms with Crippen molar-refractivity contribution in [2.45, 2.75) is 17.9 Å². The van der Waals surface area contributed by atoms with Gasteiger partial charge in [0.15, 0.2) is 0 Å². The number of furan rings is 1. The highest BCUT2D eigenvalue weighted by molar-refractivity contribution is 7.93. The molecule has 0 atom stereocenters. The van der Waals surface area contributed by atoms with Crippen LogP contribution in [0.4, 0.5) is 5.69 Å². The summed E-state index contributed by atoms with van der Waals surface area (Å²) in [5, 5.41) is 5.11. The van der Waals surface area contributed by atoms with Crippen molar-refractivity contribution in [3.63, 3.8) is 0 Å². The number of carbonyl (C=O) groups is 2. The van der Waals surface area contributed by atoms with Gasteiger partial charge in [-0.05, 0) is 48.4 Å². The average molecular weight is 474 g/mol. The number of halogens is 1. The smallest absolute Gasteiger partial charge is 0.265 e. The minimum Gasteiger partial charge on any atom is -0.467 e. The molecule has 1 aliphatic rings. The summed E-state index contributed by atoms with van der Waals surface area (Å²) in [6, 6.07) is 14.7. The number of rotatable bonds is 7. The molecule has 0 saturated carbocycles. The molecule has 0 radical (unpaired) electrons. The van der Waals surface area contributed by atoms with Gasteiger partial charge in [0.1, 0.15) is 10.7 Å². The fraction of sp³-hybridized carbons (Fsp3) is 0.182. The van der Waals surface area contributed by atoms with Crippen molar-refractivity contribution in [2.24, 2.45) is 0 Å². The molecule has 3 aromatic rings. The van der Waals surface area contributed by atoms with Crippen molar-refractivity contribution in [3.8, 4) is 0 Å². The van der Waals surface area contributed by atoms with E-state index in [1.54, 1.807) is 24.3 Å². The van der Waals surface area contributed by atoms with Crippen LogP contribution in [-0.2, 0) is 27.8 Å². The zero-order valence-corrected chi connectivity index (χ0v) is 18.4. The summed E-state index contributed by atoms with van der Waals surface area (Å²) in [4.78, 5) is 24.3. The van der Waals surface area contributed by atoms with Crippen LogP contribution in [0.2, 0.25) is 5.02 Å². The summed E-state index contributed by atoms with van der Waals surface area (Å²) in [5.74, 6) is -0.418. The number of benzene rings is 2. The molecule has 0 saturated heterocycles. The SMILES string of the molecule is O=C(CNC(=O)c1ccc(Cl)c(S(=O)(=O)N2CCc3ccccc32)c1)NCc1ccco1. The lowest BCUT2D eigenvalue weighted by molar-refractivity contribution is -0.120. The number of hydrogen-bond donors (Lipinski definition) is 2. The van der Waals surface area contributed by atoms with Crippen molar-refractivity contribution in [1.82, 2.24) is 10.6 Å². The molecule has 10 heteroatoms. The van der Waals surface area contributed by atoms with Gasteiger partial charge in [-0.3, -0.25) is 13.9 Å². The molecule has 0 unspecified atom stereocenters. The van der Waals surface area contributed by atoms with Gasteiger partial charge in [-0.25, -0.2) is 8.42 Å². The predicted molar refractivity (Wildman–Crippen MR) is 119 cm³/mol. The largest absolute Gasteiger partial charge is 0.467 e. The minimum atomic E-state index is -3.97. The van der Waals surface area contributed by atoms with Gasteiger partial charge in [0.05, 0.1) is 30.1 Å². The summed E-state index contributed by atoms with van der Waals surface area (Å²) >= 11 is 6.20. The lowest BCUT2D eigenvalue weighted by atomic mass is 10.2. The molecule has 8 nitrogen and oxygen atoms in total. The van der Waals surface area contributed by atoms with Crippen molar-refractivity contribution >= 4 is 39.1 Å². The molecule has 1 aliphatic heterocycles. The summed E-state index contributed by atoms with van der Waals surface area (Å²) in [6.07, 6.45) is 2.09. The number of anilines is 1. The number of sulfonamides is 1. The molecular weight excluding hydrogens is 454 g/mol. The standard InChI is InChI=1S/C22H20ClN3O5S/c23-18-8-7-16(22(28)25-14-21(27)24-13-17-5-3-11-31-17)12-20(18)32(29,30)26-10-9-15-4-1-2-6-19(15)26/h1-8,11-12H,9-10,13-14H2,(H,24,27)(H,25,28). The third-order valence-corrected chi connectivity index (χ3v) is 7.35. The summed E-state index contributed by atoms with van der Waals surface area (Å²) < 4.78 is 33.0. The number of carbonyl (C=O) groups excluding carboxylic acids is 2. The van der Waals surface area contributed by atoms with Gasteiger partial charge in [-0.15, -0.1) is 0 Å². The van der Waals surface area contributed by atoms with Crippen LogP contribution < -0.4 is 14.9 Å². The summed E-state index contributed by atoms with van der Waals surface area (Å²) in [7, 11) is -3.97. The maximum Gasteiger partial charge on any atom is 0.265 e. The average Bonchev–Trinajstić information content (AvgIpc) is 3.46. The van der Waals surface area contributed by atoms with Crippen molar-refractivity contribution in [1.29, 1.82) is 0 Å². The van der Waals surface area contributed by atoms with E-state index in [1.807, 2.05) is 12.1 Å². The van der Waals surface area contributed by atoms with Crippen LogP contribution in [0, 0.1) is 0 Å². The molecule has 0 bridgehead atoms. The molecule has 32 heavy (non-hydrogen) atoms. The molecule has 0 aliphatic carbocycles. The van der Waals surface area contributed by atoms with Gasteiger partial charge in [-0.1, -0.05) is 29.8 Å². The molecule has 0 spiro atoms. The van der Waals surface area contributed by atoms with E-state index < -0.39 is 21.8 Å². The number of fused-ring (bicyclic) bond motifs is 1. The highest BCUT2D eigenvalue weighted by Crippen LogP contribution is 2.35. The Labute approximate surface area is 190 Å². The third kappa shape index (κ3) is 4.49. The van der Waals surface area contributed by atoms with Gasteiger partial charge in [0.2, 0.25) is 5.91 Å². The molecule has 166 valence electrons. The Bertz CT molecular complexity index is 1260. The number of para-hydroxylation sites is 1. The van der Waals surface area contributed by atoms with Crippen LogP contribution in [0.1, 0.15) is 21.7 Å². The normalized spacial score (nSPS) is 13.0. The van der Waals surface area contributed by atoms with Gasteiger partial charge in [0, 0.05) is 12.1 Å².